The molecule has 19 heavy (non-hydrogen) atoms. The summed E-state index contributed by atoms with van der Waals surface area (Å²) in [6.45, 7) is 4.15. The van der Waals surface area contributed by atoms with Gasteiger partial charge in [-0.05, 0) is 53.0 Å². The van der Waals surface area contributed by atoms with Gasteiger partial charge in [0.25, 0.3) is 0 Å². The number of anilines is 1. The van der Waals surface area contributed by atoms with Gasteiger partial charge in [-0.25, -0.2) is 15.0 Å². The third-order valence-corrected chi connectivity index (χ3v) is 3.95. The van der Waals surface area contributed by atoms with E-state index in [2.05, 4.69) is 56.9 Å². The van der Waals surface area contributed by atoms with Crippen molar-refractivity contribution in [3.8, 4) is 5.82 Å². The molecule has 0 amide bonds. The van der Waals surface area contributed by atoms with Crippen LogP contribution in [0.15, 0.2) is 29.3 Å². The predicted molar refractivity (Wildman–Crippen MR) is 78.2 cm³/mol. The molecule has 0 aliphatic rings. The van der Waals surface area contributed by atoms with E-state index < -0.39 is 0 Å². The minimum Gasteiger partial charge on any atom is -0.383 e. The van der Waals surface area contributed by atoms with Crippen LogP contribution in [0.1, 0.15) is 11.1 Å². The van der Waals surface area contributed by atoms with Crippen LogP contribution in [0.5, 0.6) is 0 Å². The lowest BCUT2D eigenvalue weighted by molar-refractivity contribution is 0.987. The fourth-order valence-corrected chi connectivity index (χ4v) is 2.37. The largest absolute Gasteiger partial charge is 0.383 e. The zero-order valence-corrected chi connectivity index (χ0v) is 12.1. The highest BCUT2D eigenvalue weighted by molar-refractivity contribution is 9.10. The molecule has 0 spiro atoms. The molecule has 2 aromatic heterocycles. The van der Waals surface area contributed by atoms with Gasteiger partial charge >= 0.3 is 0 Å². The summed E-state index contributed by atoms with van der Waals surface area (Å²) in [6, 6.07) is 4.17. The van der Waals surface area contributed by atoms with E-state index in [9.17, 15) is 0 Å². The predicted octanol–water partition coefficient (Wildman–Crippen LogP) is 2.78. The molecule has 0 aliphatic carbocycles. The maximum atomic E-state index is 5.79. The van der Waals surface area contributed by atoms with Gasteiger partial charge in [-0.3, -0.25) is 4.57 Å². The van der Waals surface area contributed by atoms with Crippen LogP contribution in [0.2, 0.25) is 0 Å². The molecule has 0 radical (unpaired) electrons. The zero-order chi connectivity index (χ0) is 13.6. The first-order valence-corrected chi connectivity index (χ1v) is 6.58. The lowest BCUT2D eigenvalue weighted by Gasteiger charge is -2.07. The lowest BCUT2D eigenvalue weighted by Crippen LogP contribution is -2.02. The first-order chi connectivity index (χ1) is 9.08. The third-order valence-electron chi connectivity index (χ3n) is 3.19. The van der Waals surface area contributed by atoms with Crippen LogP contribution in [0.25, 0.3) is 16.9 Å². The van der Waals surface area contributed by atoms with Crippen molar-refractivity contribution in [2.24, 2.45) is 0 Å². The van der Waals surface area contributed by atoms with Gasteiger partial charge in [-0.2, -0.15) is 0 Å². The SMILES string of the molecule is Cc1cc2ncn(-c3ncnc(N)c3Br)c2cc1C. The van der Waals surface area contributed by atoms with Crippen molar-refractivity contribution in [1.82, 2.24) is 19.5 Å². The quantitative estimate of drug-likeness (QED) is 0.749. The Morgan fingerprint density at radius 2 is 1.84 bits per heavy atom. The van der Waals surface area contributed by atoms with Crippen molar-refractivity contribution < 1.29 is 0 Å². The summed E-state index contributed by atoms with van der Waals surface area (Å²) < 4.78 is 2.58. The fourth-order valence-electron chi connectivity index (χ4n) is 1.97. The van der Waals surface area contributed by atoms with E-state index in [0.29, 0.717) is 16.1 Å². The van der Waals surface area contributed by atoms with Crippen LogP contribution >= 0.6 is 15.9 Å². The molecule has 2 N–H and O–H groups in total. The first kappa shape index (κ1) is 12.1. The van der Waals surface area contributed by atoms with Crippen molar-refractivity contribution in [3.05, 3.63) is 40.4 Å². The Morgan fingerprint density at radius 3 is 2.63 bits per heavy atom. The summed E-state index contributed by atoms with van der Waals surface area (Å²) in [6.07, 6.45) is 3.19. The number of nitrogens with two attached hydrogens (primary N) is 1. The molecule has 0 saturated heterocycles. The summed E-state index contributed by atoms with van der Waals surface area (Å²) >= 11 is 3.42. The van der Waals surface area contributed by atoms with E-state index in [1.54, 1.807) is 6.33 Å². The van der Waals surface area contributed by atoms with Crippen molar-refractivity contribution in [2.45, 2.75) is 13.8 Å². The fraction of sp³-hybridized carbons (Fsp3) is 0.154. The van der Waals surface area contributed by atoms with Crippen molar-refractivity contribution >= 4 is 32.8 Å². The smallest absolute Gasteiger partial charge is 0.158 e. The number of fused-ring (bicyclic) bond motifs is 1. The Balaban J connectivity index is 2.31. The van der Waals surface area contributed by atoms with E-state index in [1.807, 2.05) is 4.57 Å². The molecule has 3 aromatic rings. The number of hydrogen-bond donors (Lipinski definition) is 1. The Labute approximate surface area is 118 Å². The van der Waals surface area contributed by atoms with Crippen molar-refractivity contribution in [3.63, 3.8) is 0 Å². The molecule has 0 fully saturated rings. The molecule has 3 rings (SSSR count). The van der Waals surface area contributed by atoms with Gasteiger partial charge in [0, 0.05) is 0 Å². The van der Waals surface area contributed by atoms with Crippen LogP contribution in [-0.2, 0) is 0 Å². The molecule has 6 heteroatoms. The second kappa shape index (κ2) is 4.31. The van der Waals surface area contributed by atoms with E-state index in [4.69, 9.17) is 5.73 Å². The average molecular weight is 318 g/mol. The van der Waals surface area contributed by atoms with Crippen LogP contribution in [-0.4, -0.2) is 19.5 Å². The number of aromatic nitrogens is 4. The number of benzene rings is 1. The Morgan fingerprint density at radius 1 is 1.11 bits per heavy atom. The van der Waals surface area contributed by atoms with Gasteiger partial charge in [-0.15, -0.1) is 0 Å². The molecule has 2 heterocycles. The van der Waals surface area contributed by atoms with Gasteiger partial charge < -0.3 is 5.73 Å². The lowest BCUT2D eigenvalue weighted by atomic mass is 10.1. The maximum Gasteiger partial charge on any atom is 0.158 e. The minimum atomic E-state index is 0.413. The maximum absolute atomic E-state index is 5.79. The average Bonchev–Trinajstić information content (AvgIpc) is 2.76. The number of nitrogens with zero attached hydrogens (tertiary/aromatic N) is 4. The highest BCUT2D eigenvalue weighted by Gasteiger charge is 2.12. The molecule has 1 aromatic carbocycles. The summed E-state index contributed by atoms with van der Waals surface area (Å²) in [5, 5.41) is 0. The normalized spacial score (nSPS) is 11.1. The number of imidazole rings is 1. The monoisotopic (exact) mass is 317 g/mol. The minimum absolute atomic E-state index is 0.413. The number of aryl methyl sites for hydroxylation is 2. The standard InChI is InChI=1S/C13H12BrN5/c1-7-3-9-10(4-8(7)2)19(6-18-9)13-11(14)12(15)16-5-17-13/h3-6H,1-2H3,(H2,15,16,17). The number of hydrogen-bond acceptors (Lipinski definition) is 4. The first-order valence-electron chi connectivity index (χ1n) is 5.78. The molecule has 5 nitrogen and oxygen atoms in total. The summed E-state index contributed by atoms with van der Waals surface area (Å²) in [7, 11) is 0. The topological polar surface area (TPSA) is 69.6 Å². The second-order valence-corrected chi connectivity index (χ2v) is 5.23. The Hall–Kier alpha value is -1.95. The Kier molecular flexibility index (Phi) is 2.74. The molecular formula is C13H12BrN5. The van der Waals surface area contributed by atoms with E-state index in [-0.39, 0.29) is 0 Å². The van der Waals surface area contributed by atoms with E-state index in [0.717, 1.165) is 11.0 Å². The molecule has 0 aliphatic heterocycles. The van der Waals surface area contributed by atoms with Crippen LogP contribution in [0.4, 0.5) is 5.82 Å². The summed E-state index contributed by atoms with van der Waals surface area (Å²) in [4.78, 5) is 12.6. The van der Waals surface area contributed by atoms with Crippen LogP contribution in [0, 0.1) is 13.8 Å². The summed E-state index contributed by atoms with van der Waals surface area (Å²) in [5.41, 5.74) is 10.2. The number of rotatable bonds is 1. The molecule has 0 unspecified atom stereocenters. The number of halogens is 1. The summed E-state index contributed by atoms with van der Waals surface area (Å²) in [5.74, 6) is 1.11. The van der Waals surface area contributed by atoms with E-state index >= 15 is 0 Å². The third kappa shape index (κ3) is 1.88. The van der Waals surface area contributed by atoms with E-state index in [1.165, 1.54) is 17.5 Å². The van der Waals surface area contributed by atoms with Crippen LogP contribution < -0.4 is 5.73 Å². The van der Waals surface area contributed by atoms with Crippen molar-refractivity contribution in [2.75, 3.05) is 5.73 Å². The molecule has 0 saturated carbocycles. The van der Waals surface area contributed by atoms with Gasteiger partial charge in [0.15, 0.2) is 5.82 Å². The highest BCUT2D eigenvalue weighted by atomic mass is 79.9. The van der Waals surface area contributed by atoms with Crippen molar-refractivity contribution in [1.29, 1.82) is 0 Å². The van der Waals surface area contributed by atoms with Gasteiger partial charge in [0.2, 0.25) is 0 Å². The van der Waals surface area contributed by atoms with Gasteiger partial charge in [-0.1, -0.05) is 0 Å². The highest BCUT2D eigenvalue weighted by Crippen LogP contribution is 2.27. The molecular weight excluding hydrogens is 306 g/mol. The molecule has 96 valence electrons. The van der Waals surface area contributed by atoms with Gasteiger partial charge in [0.1, 0.15) is 22.9 Å². The number of nitrogen functional groups attached to an aromatic ring is 1. The zero-order valence-electron chi connectivity index (χ0n) is 10.6. The Bertz CT molecular complexity index is 778. The second-order valence-electron chi connectivity index (χ2n) is 4.44. The molecule has 0 bridgehead atoms. The van der Waals surface area contributed by atoms with Crippen LogP contribution in [0.3, 0.4) is 0 Å². The molecule has 0 atom stereocenters. The van der Waals surface area contributed by atoms with Gasteiger partial charge in [0.05, 0.1) is 11.0 Å².